The Hall–Kier alpha value is -1.27. The first kappa shape index (κ1) is 18.5. The number of aryl methyl sites for hydroxylation is 1. The minimum absolute atomic E-state index is 0.190. The lowest BCUT2D eigenvalue weighted by Gasteiger charge is -2.33. The van der Waals surface area contributed by atoms with Gasteiger partial charge in [-0.05, 0) is 30.5 Å². The van der Waals surface area contributed by atoms with Crippen molar-refractivity contribution in [3.8, 4) is 0 Å². The SMILES string of the molecule is Cn1ncc(NC2CCN(Cc3ccc(Cl)c(Cl)c3)CC2)c(Cl)c1=O. The van der Waals surface area contributed by atoms with Crippen molar-refractivity contribution in [3.05, 3.63) is 55.4 Å². The van der Waals surface area contributed by atoms with Crippen LogP contribution in [0, 0.1) is 0 Å². The topological polar surface area (TPSA) is 50.2 Å². The number of halogens is 3. The average Bonchev–Trinajstić information content (AvgIpc) is 2.60. The lowest BCUT2D eigenvalue weighted by molar-refractivity contribution is 0.211. The minimum atomic E-state index is -0.288. The standard InChI is InChI=1S/C17H19Cl3N4O/c1-23-17(25)16(20)15(9-21-23)22-12-4-6-24(7-5-12)10-11-2-3-13(18)14(19)8-11/h2-3,8-9,12,22H,4-7,10H2,1H3. The van der Waals surface area contributed by atoms with Crippen molar-refractivity contribution in [2.75, 3.05) is 18.4 Å². The van der Waals surface area contributed by atoms with Crippen molar-refractivity contribution in [3.63, 3.8) is 0 Å². The van der Waals surface area contributed by atoms with Gasteiger partial charge in [-0.1, -0.05) is 40.9 Å². The number of rotatable bonds is 4. The van der Waals surface area contributed by atoms with Gasteiger partial charge in [-0.2, -0.15) is 5.10 Å². The highest BCUT2D eigenvalue weighted by Gasteiger charge is 2.20. The van der Waals surface area contributed by atoms with Crippen LogP contribution in [0.1, 0.15) is 18.4 Å². The Bertz CT molecular complexity index is 816. The van der Waals surface area contributed by atoms with E-state index >= 15 is 0 Å². The summed E-state index contributed by atoms with van der Waals surface area (Å²) in [4.78, 5) is 14.2. The number of piperidine rings is 1. The fraction of sp³-hybridized carbons (Fsp3) is 0.412. The quantitative estimate of drug-likeness (QED) is 0.846. The molecule has 1 fully saturated rings. The minimum Gasteiger partial charge on any atom is -0.380 e. The van der Waals surface area contributed by atoms with Crippen molar-refractivity contribution in [2.24, 2.45) is 7.05 Å². The number of nitrogens with one attached hydrogen (secondary N) is 1. The summed E-state index contributed by atoms with van der Waals surface area (Å²) in [7, 11) is 1.58. The van der Waals surface area contributed by atoms with Crippen molar-refractivity contribution >= 4 is 40.5 Å². The molecular weight excluding hydrogens is 383 g/mol. The molecule has 2 heterocycles. The predicted octanol–water partition coefficient (Wildman–Crippen LogP) is 3.82. The molecule has 2 aromatic rings. The predicted molar refractivity (Wildman–Crippen MR) is 103 cm³/mol. The van der Waals surface area contributed by atoms with Gasteiger partial charge < -0.3 is 5.32 Å². The fourth-order valence-electron chi connectivity index (χ4n) is 2.96. The molecule has 1 aliphatic heterocycles. The molecule has 1 aliphatic rings. The van der Waals surface area contributed by atoms with Gasteiger partial charge in [0.05, 0.1) is 21.9 Å². The molecule has 1 aromatic heterocycles. The lowest BCUT2D eigenvalue weighted by Crippen LogP contribution is -2.39. The van der Waals surface area contributed by atoms with Crippen LogP contribution in [0.15, 0.2) is 29.2 Å². The van der Waals surface area contributed by atoms with Gasteiger partial charge in [-0.3, -0.25) is 9.69 Å². The second kappa shape index (κ2) is 7.96. The van der Waals surface area contributed by atoms with Crippen LogP contribution in [0.25, 0.3) is 0 Å². The Balaban J connectivity index is 1.56. The second-order valence-corrected chi connectivity index (χ2v) is 7.44. The third-order valence-electron chi connectivity index (χ3n) is 4.42. The van der Waals surface area contributed by atoms with Crippen LogP contribution in [0.2, 0.25) is 15.1 Å². The zero-order chi connectivity index (χ0) is 18.0. The number of hydrogen-bond acceptors (Lipinski definition) is 4. The number of aromatic nitrogens is 2. The summed E-state index contributed by atoms with van der Waals surface area (Å²) in [6.07, 6.45) is 3.53. The van der Waals surface area contributed by atoms with Crippen molar-refractivity contribution < 1.29 is 0 Å². The Morgan fingerprint density at radius 2 is 1.92 bits per heavy atom. The van der Waals surface area contributed by atoms with Crippen LogP contribution in [0.3, 0.4) is 0 Å². The average molecular weight is 402 g/mol. The first-order chi connectivity index (χ1) is 11.9. The number of anilines is 1. The van der Waals surface area contributed by atoms with Gasteiger partial charge in [0, 0.05) is 32.7 Å². The molecule has 134 valence electrons. The highest BCUT2D eigenvalue weighted by Crippen LogP contribution is 2.25. The second-order valence-electron chi connectivity index (χ2n) is 6.24. The zero-order valence-electron chi connectivity index (χ0n) is 13.8. The highest BCUT2D eigenvalue weighted by molar-refractivity contribution is 6.42. The first-order valence-corrected chi connectivity index (χ1v) is 9.22. The molecule has 0 unspecified atom stereocenters. The van der Waals surface area contributed by atoms with E-state index in [0.717, 1.165) is 38.0 Å². The lowest BCUT2D eigenvalue weighted by atomic mass is 10.0. The van der Waals surface area contributed by atoms with Crippen LogP contribution in [-0.2, 0) is 13.6 Å². The molecule has 0 bridgehead atoms. The maximum atomic E-state index is 11.8. The molecule has 0 amide bonds. The summed E-state index contributed by atoms with van der Waals surface area (Å²) >= 11 is 18.1. The van der Waals surface area contributed by atoms with Gasteiger partial charge in [0.25, 0.3) is 5.56 Å². The first-order valence-electron chi connectivity index (χ1n) is 8.08. The van der Waals surface area contributed by atoms with E-state index in [1.165, 1.54) is 4.68 Å². The maximum Gasteiger partial charge on any atom is 0.287 e. The fourth-order valence-corrected chi connectivity index (χ4v) is 3.51. The summed E-state index contributed by atoms with van der Waals surface area (Å²) in [5.74, 6) is 0. The summed E-state index contributed by atoms with van der Waals surface area (Å²) in [6, 6.07) is 6.03. The van der Waals surface area contributed by atoms with E-state index in [4.69, 9.17) is 34.8 Å². The normalized spacial score (nSPS) is 16.2. The summed E-state index contributed by atoms with van der Waals surface area (Å²) in [5.41, 5.74) is 1.47. The van der Waals surface area contributed by atoms with E-state index in [0.29, 0.717) is 15.7 Å². The molecule has 0 radical (unpaired) electrons. The van der Waals surface area contributed by atoms with E-state index in [1.807, 2.05) is 18.2 Å². The Morgan fingerprint density at radius 3 is 2.60 bits per heavy atom. The van der Waals surface area contributed by atoms with Gasteiger partial charge in [-0.25, -0.2) is 4.68 Å². The largest absolute Gasteiger partial charge is 0.380 e. The summed E-state index contributed by atoms with van der Waals surface area (Å²) in [5, 5.41) is 8.71. The molecule has 0 aliphatic carbocycles. The molecule has 0 saturated carbocycles. The molecule has 5 nitrogen and oxygen atoms in total. The Kier molecular flexibility index (Phi) is 5.89. The van der Waals surface area contributed by atoms with Gasteiger partial charge >= 0.3 is 0 Å². The monoisotopic (exact) mass is 400 g/mol. The van der Waals surface area contributed by atoms with Gasteiger partial charge in [-0.15, -0.1) is 0 Å². The van der Waals surface area contributed by atoms with Gasteiger partial charge in [0.1, 0.15) is 5.02 Å². The van der Waals surface area contributed by atoms with E-state index in [-0.39, 0.29) is 16.6 Å². The van der Waals surface area contributed by atoms with E-state index < -0.39 is 0 Å². The number of hydrogen-bond donors (Lipinski definition) is 1. The van der Waals surface area contributed by atoms with Gasteiger partial charge in [0.15, 0.2) is 0 Å². The van der Waals surface area contributed by atoms with Gasteiger partial charge in [0.2, 0.25) is 0 Å². The number of likely N-dealkylation sites (tertiary alicyclic amines) is 1. The smallest absolute Gasteiger partial charge is 0.287 e. The zero-order valence-corrected chi connectivity index (χ0v) is 16.1. The van der Waals surface area contributed by atoms with Crippen LogP contribution in [0.4, 0.5) is 5.69 Å². The number of benzene rings is 1. The molecular formula is C17H19Cl3N4O. The Morgan fingerprint density at radius 1 is 1.20 bits per heavy atom. The molecule has 3 rings (SSSR count). The van der Waals surface area contributed by atoms with Crippen molar-refractivity contribution in [1.29, 1.82) is 0 Å². The summed E-state index contributed by atoms with van der Waals surface area (Å²) in [6.45, 7) is 2.75. The molecule has 25 heavy (non-hydrogen) atoms. The summed E-state index contributed by atoms with van der Waals surface area (Å²) < 4.78 is 1.23. The molecule has 8 heteroatoms. The molecule has 0 spiro atoms. The third kappa shape index (κ3) is 4.47. The Labute approximate surface area is 161 Å². The van der Waals surface area contributed by atoms with Crippen LogP contribution in [0.5, 0.6) is 0 Å². The van der Waals surface area contributed by atoms with Crippen molar-refractivity contribution in [1.82, 2.24) is 14.7 Å². The number of nitrogens with zero attached hydrogens (tertiary/aromatic N) is 3. The highest BCUT2D eigenvalue weighted by atomic mass is 35.5. The molecule has 1 N–H and O–H groups in total. The molecule has 0 atom stereocenters. The third-order valence-corrected chi connectivity index (χ3v) is 5.52. The van der Waals surface area contributed by atoms with E-state index in [1.54, 1.807) is 13.2 Å². The molecule has 1 aromatic carbocycles. The van der Waals surface area contributed by atoms with Crippen LogP contribution in [-0.4, -0.2) is 33.8 Å². The van der Waals surface area contributed by atoms with Crippen molar-refractivity contribution in [2.45, 2.75) is 25.4 Å². The molecule has 1 saturated heterocycles. The maximum absolute atomic E-state index is 11.8. The van der Waals surface area contributed by atoms with Crippen LogP contribution < -0.4 is 10.9 Å². The van der Waals surface area contributed by atoms with Crippen LogP contribution >= 0.6 is 34.8 Å². The van der Waals surface area contributed by atoms with E-state index in [2.05, 4.69) is 15.3 Å². The van der Waals surface area contributed by atoms with E-state index in [9.17, 15) is 4.79 Å².